The van der Waals surface area contributed by atoms with E-state index in [0.29, 0.717) is 23.0 Å². The standard InChI is InChI=1S/C13H14F2N4/c14-11(15)8-3-1-7(2-4-8)10-12(16)19(17)13(18-10)9-5-6-9/h1-4,9,11H,5-6,16-17H2. The topological polar surface area (TPSA) is 69.9 Å². The van der Waals surface area contributed by atoms with E-state index in [1.807, 2.05) is 0 Å². The lowest BCUT2D eigenvalue weighted by Gasteiger charge is -2.02. The lowest BCUT2D eigenvalue weighted by Crippen LogP contribution is -2.14. The maximum absolute atomic E-state index is 12.5. The molecule has 1 heterocycles. The zero-order chi connectivity index (χ0) is 13.6. The Morgan fingerprint density at radius 2 is 1.84 bits per heavy atom. The minimum absolute atomic E-state index is 0.0167. The summed E-state index contributed by atoms with van der Waals surface area (Å²) >= 11 is 0. The lowest BCUT2D eigenvalue weighted by atomic mass is 10.1. The Hall–Kier alpha value is -2.11. The molecule has 4 nitrogen and oxygen atoms in total. The van der Waals surface area contributed by atoms with E-state index >= 15 is 0 Å². The van der Waals surface area contributed by atoms with Crippen LogP contribution < -0.4 is 11.6 Å². The molecule has 6 heteroatoms. The molecule has 1 saturated carbocycles. The molecule has 0 spiro atoms. The molecule has 0 amide bonds. The van der Waals surface area contributed by atoms with Crippen LogP contribution >= 0.6 is 0 Å². The molecule has 4 N–H and O–H groups in total. The van der Waals surface area contributed by atoms with Gasteiger partial charge in [-0.3, -0.25) is 0 Å². The van der Waals surface area contributed by atoms with E-state index in [4.69, 9.17) is 11.6 Å². The van der Waals surface area contributed by atoms with E-state index in [1.165, 1.54) is 16.8 Å². The van der Waals surface area contributed by atoms with Crippen LogP contribution in [0.1, 0.15) is 36.6 Å². The molecular formula is C13H14F2N4. The molecule has 1 fully saturated rings. The van der Waals surface area contributed by atoms with Crippen LogP contribution in [0.4, 0.5) is 14.6 Å². The number of nitrogen functional groups attached to an aromatic ring is 2. The second-order valence-corrected chi connectivity index (χ2v) is 4.77. The van der Waals surface area contributed by atoms with Gasteiger partial charge in [0, 0.05) is 17.0 Å². The molecule has 0 radical (unpaired) electrons. The molecule has 1 aliphatic rings. The number of aromatic nitrogens is 2. The molecule has 100 valence electrons. The van der Waals surface area contributed by atoms with Gasteiger partial charge in [-0.15, -0.1) is 0 Å². The van der Waals surface area contributed by atoms with Crippen LogP contribution in [0.3, 0.4) is 0 Å². The molecule has 0 atom stereocenters. The number of benzene rings is 1. The molecule has 19 heavy (non-hydrogen) atoms. The fourth-order valence-corrected chi connectivity index (χ4v) is 2.09. The van der Waals surface area contributed by atoms with Crippen molar-refractivity contribution in [1.82, 2.24) is 9.66 Å². The molecule has 0 bridgehead atoms. The molecule has 0 saturated heterocycles. The molecular weight excluding hydrogens is 250 g/mol. The van der Waals surface area contributed by atoms with Crippen LogP contribution in [0.5, 0.6) is 0 Å². The smallest absolute Gasteiger partial charge is 0.263 e. The zero-order valence-corrected chi connectivity index (χ0v) is 10.2. The number of anilines is 1. The van der Waals surface area contributed by atoms with Crippen LogP contribution in [0.2, 0.25) is 0 Å². The Kier molecular flexibility index (Phi) is 2.66. The highest BCUT2D eigenvalue weighted by Gasteiger charge is 2.30. The number of halogens is 2. The summed E-state index contributed by atoms with van der Waals surface area (Å²) in [6.07, 6.45) is -0.338. The fraction of sp³-hybridized carbons (Fsp3) is 0.308. The minimum atomic E-state index is -2.47. The maximum atomic E-state index is 12.5. The van der Waals surface area contributed by atoms with Crippen molar-refractivity contribution < 1.29 is 8.78 Å². The molecule has 0 aliphatic heterocycles. The van der Waals surface area contributed by atoms with Gasteiger partial charge in [-0.05, 0) is 12.8 Å². The Bertz CT molecular complexity index is 600. The molecule has 1 aliphatic carbocycles. The van der Waals surface area contributed by atoms with E-state index in [9.17, 15) is 8.78 Å². The van der Waals surface area contributed by atoms with Crippen LogP contribution in [-0.4, -0.2) is 9.66 Å². The summed E-state index contributed by atoms with van der Waals surface area (Å²) in [4.78, 5) is 4.44. The third kappa shape index (κ3) is 2.03. The van der Waals surface area contributed by atoms with Gasteiger partial charge < -0.3 is 11.6 Å². The first-order chi connectivity index (χ1) is 9.08. The largest absolute Gasteiger partial charge is 0.382 e. The van der Waals surface area contributed by atoms with Gasteiger partial charge in [0.1, 0.15) is 11.5 Å². The number of alkyl halides is 2. The number of hydrogen-bond donors (Lipinski definition) is 2. The van der Waals surface area contributed by atoms with Gasteiger partial charge >= 0.3 is 0 Å². The summed E-state index contributed by atoms with van der Waals surface area (Å²) < 4.78 is 26.4. The SMILES string of the molecule is Nc1c(-c2ccc(C(F)F)cc2)nc(C2CC2)n1N. The monoisotopic (exact) mass is 264 g/mol. The van der Waals surface area contributed by atoms with Crippen LogP contribution in [0.25, 0.3) is 11.3 Å². The number of nitrogens with zero attached hydrogens (tertiary/aromatic N) is 2. The third-order valence-corrected chi connectivity index (χ3v) is 3.35. The minimum Gasteiger partial charge on any atom is -0.382 e. The summed E-state index contributed by atoms with van der Waals surface area (Å²) in [5, 5.41) is 0. The van der Waals surface area contributed by atoms with E-state index < -0.39 is 6.43 Å². The van der Waals surface area contributed by atoms with Crippen LogP contribution in [0.15, 0.2) is 24.3 Å². The normalized spacial score (nSPS) is 15.1. The Morgan fingerprint density at radius 1 is 1.21 bits per heavy atom. The van der Waals surface area contributed by atoms with E-state index in [-0.39, 0.29) is 5.56 Å². The van der Waals surface area contributed by atoms with Gasteiger partial charge in [-0.2, -0.15) is 0 Å². The first-order valence-corrected chi connectivity index (χ1v) is 6.09. The Morgan fingerprint density at radius 3 is 2.37 bits per heavy atom. The molecule has 0 unspecified atom stereocenters. The Labute approximate surface area is 109 Å². The highest BCUT2D eigenvalue weighted by Crippen LogP contribution is 2.41. The van der Waals surface area contributed by atoms with Crippen LogP contribution in [0, 0.1) is 0 Å². The van der Waals surface area contributed by atoms with E-state index in [1.54, 1.807) is 12.1 Å². The van der Waals surface area contributed by atoms with Gasteiger partial charge in [-0.25, -0.2) is 18.4 Å². The second-order valence-electron chi connectivity index (χ2n) is 4.77. The number of imidazole rings is 1. The fourth-order valence-electron chi connectivity index (χ4n) is 2.09. The maximum Gasteiger partial charge on any atom is 0.263 e. The molecule has 2 aromatic rings. The number of rotatable bonds is 3. The zero-order valence-electron chi connectivity index (χ0n) is 10.2. The van der Waals surface area contributed by atoms with Gasteiger partial charge in [0.15, 0.2) is 5.82 Å². The predicted molar refractivity (Wildman–Crippen MR) is 69.2 cm³/mol. The average Bonchev–Trinajstić information content (AvgIpc) is 3.19. The number of hydrogen-bond acceptors (Lipinski definition) is 3. The van der Waals surface area contributed by atoms with Gasteiger partial charge in [-0.1, -0.05) is 24.3 Å². The highest BCUT2D eigenvalue weighted by molar-refractivity contribution is 5.71. The van der Waals surface area contributed by atoms with Crippen molar-refractivity contribution in [3.8, 4) is 11.3 Å². The Balaban J connectivity index is 1.99. The second kappa shape index (κ2) is 4.22. The van der Waals surface area contributed by atoms with Crippen molar-refractivity contribution in [2.45, 2.75) is 25.2 Å². The van der Waals surface area contributed by atoms with Gasteiger partial charge in [0.05, 0.1) is 0 Å². The van der Waals surface area contributed by atoms with E-state index in [2.05, 4.69) is 4.98 Å². The van der Waals surface area contributed by atoms with Crippen molar-refractivity contribution in [3.63, 3.8) is 0 Å². The first kappa shape index (κ1) is 12.0. The van der Waals surface area contributed by atoms with Crippen molar-refractivity contribution in [3.05, 3.63) is 35.7 Å². The molecule has 1 aromatic carbocycles. The first-order valence-electron chi connectivity index (χ1n) is 6.09. The van der Waals surface area contributed by atoms with Crippen molar-refractivity contribution in [2.75, 3.05) is 11.6 Å². The predicted octanol–water partition coefficient (Wildman–Crippen LogP) is 2.66. The van der Waals surface area contributed by atoms with Gasteiger partial charge in [0.25, 0.3) is 6.43 Å². The summed E-state index contributed by atoms with van der Waals surface area (Å²) in [7, 11) is 0. The van der Waals surface area contributed by atoms with Crippen molar-refractivity contribution in [2.24, 2.45) is 0 Å². The molecule has 1 aromatic heterocycles. The summed E-state index contributed by atoms with van der Waals surface area (Å²) in [5.41, 5.74) is 7.17. The quantitative estimate of drug-likeness (QED) is 0.837. The van der Waals surface area contributed by atoms with Gasteiger partial charge in [0.2, 0.25) is 0 Å². The summed E-state index contributed by atoms with van der Waals surface area (Å²) in [6.45, 7) is 0. The van der Waals surface area contributed by atoms with E-state index in [0.717, 1.165) is 18.7 Å². The number of nitrogens with two attached hydrogens (primary N) is 2. The van der Waals surface area contributed by atoms with Crippen LogP contribution in [-0.2, 0) is 0 Å². The summed E-state index contributed by atoms with van der Waals surface area (Å²) in [6, 6.07) is 5.95. The summed E-state index contributed by atoms with van der Waals surface area (Å²) in [5.74, 6) is 7.38. The van der Waals surface area contributed by atoms with Crippen molar-refractivity contribution >= 4 is 5.82 Å². The average molecular weight is 264 g/mol. The van der Waals surface area contributed by atoms with Crippen molar-refractivity contribution in [1.29, 1.82) is 0 Å². The lowest BCUT2D eigenvalue weighted by molar-refractivity contribution is 0.151. The molecule has 3 rings (SSSR count). The highest BCUT2D eigenvalue weighted by atomic mass is 19.3. The third-order valence-electron chi connectivity index (χ3n) is 3.35.